The minimum atomic E-state index is -4.36. The van der Waals surface area contributed by atoms with Crippen molar-refractivity contribution in [2.45, 2.75) is 44.0 Å². The topological polar surface area (TPSA) is 64.3 Å². The molecule has 1 amide bonds. The summed E-state index contributed by atoms with van der Waals surface area (Å²) in [6.45, 7) is 3.67. The van der Waals surface area contributed by atoms with Crippen LogP contribution in [0.25, 0.3) is 0 Å². The molecule has 1 aliphatic rings. The molecule has 1 aliphatic carbocycles. The molecule has 122 valence electrons. The first-order valence-electron chi connectivity index (χ1n) is 6.95. The maximum atomic E-state index is 12.8. The number of nitrogens with two attached hydrogens (primary N) is 1. The Bertz CT molecular complexity index is 566. The standard InChI is InChI=1S/C15H19F3N2O2/c1-13(2,22-12(19)21)9-20-14(6-7-14)10-4-3-5-11(8-10)15(16,17)18/h3-5,8,20H,6-7,9H2,1-2H3,(H2,19,21). The van der Waals surface area contributed by atoms with Gasteiger partial charge in [-0.2, -0.15) is 13.2 Å². The van der Waals surface area contributed by atoms with Gasteiger partial charge in [0, 0.05) is 12.1 Å². The fraction of sp³-hybridized carbons (Fsp3) is 0.533. The summed E-state index contributed by atoms with van der Waals surface area (Å²) in [5, 5.41) is 3.21. The number of nitrogens with one attached hydrogen (secondary N) is 1. The lowest BCUT2D eigenvalue weighted by molar-refractivity contribution is -0.137. The smallest absolute Gasteiger partial charge is 0.416 e. The normalized spacial score (nSPS) is 17.1. The highest BCUT2D eigenvalue weighted by Crippen LogP contribution is 2.46. The van der Waals surface area contributed by atoms with Crippen molar-refractivity contribution in [2.75, 3.05) is 6.54 Å². The number of rotatable bonds is 5. The van der Waals surface area contributed by atoms with Gasteiger partial charge in [0.25, 0.3) is 0 Å². The summed E-state index contributed by atoms with van der Waals surface area (Å²) in [6, 6.07) is 5.31. The second-order valence-corrected chi connectivity index (χ2v) is 6.20. The minimum Gasteiger partial charge on any atom is -0.442 e. The van der Waals surface area contributed by atoms with Crippen LogP contribution in [0.3, 0.4) is 0 Å². The number of amides is 1. The number of carbonyl (C=O) groups excluding carboxylic acids is 1. The highest BCUT2D eigenvalue weighted by molar-refractivity contribution is 5.65. The Morgan fingerprint density at radius 2 is 2.00 bits per heavy atom. The van der Waals surface area contributed by atoms with Crippen LogP contribution < -0.4 is 11.1 Å². The van der Waals surface area contributed by atoms with E-state index in [-0.39, 0.29) is 0 Å². The average Bonchev–Trinajstić information content (AvgIpc) is 3.15. The van der Waals surface area contributed by atoms with Crippen LogP contribution in [0.1, 0.15) is 37.8 Å². The van der Waals surface area contributed by atoms with Crippen molar-refractivity contribution < 1.29 is 22.7 Å². The van der Waals surface area contributed by atoms with E-state index in [9.17, 15) is 18.0 Å². The number of carbonyl (C=O) groups is 1. The highest BCUT2D eigenvalue weighted by atomic mass is 19.4. The SMILES string of the molecule is CC(C)(CNC1(c2cccc(C(F)(F)F)c2)CC1)OC(N)=O. The fourth-order valence-corrected chi connectivity index (χ4v) is 2.38. The molecule has 0 saturated heterocycles. The zero-order valence-corrected chi connectivity index (χ0v) is 12.5. The lowest BCUT2D eigenvalue weighted by Gasteiger charge is -2.28. The van der Waals surface area contributed by atoms with Crippen LogP contribution in [0.4, 0.5) is 18.0 Å². The van der Waals surface area contributed by atoms with Crippen molar-refractivity contribution >= 4 is 6.09 Å². The second kappa shape index (κ2) is 5.46. The largest absolute Gasteiger partial charge is 0.442 e. The number of hydrogen-bond acceptors (Lipinski definition) is 3. The quantitative estimate of drug-likeness (QED) is 0.877. The summed E-state index contributed by atoms with van der Waals surface area (Å²) in [6.07, 6.45) is -3.77. The Hall–Kier alpha value is -1.76. The highest BCUT2D eigenvalue weighted by Gasteiger charge is 2.46. The van der Waals surface area contributed by atoms with Crippen molar-refractivity contribution in [2.24, 2.45) is 5.73 Å². The van der Waals surface area contributed by atoms with E-state index in [1.54, 1.807) is 19.9 Å². The lowest BCUT2D eigenvalue weighted by Crippen LogP contribution is -2.44. The molecule has 1 aromatic rings. The third kappa shape index (κ3) is 3.91. The molecule has 0 radical (unpaired) electrons. The molecule has 0 unspecified atom stereocenters. The number of benzene rings is 1. The van der Waals surface area contributed by atoms with Crippen molar-refractivity contribution in [3.63, 3.8) is 0 Å². The molecule has 7 heteroatoms. The van der Waals surface area contributed by atoms with Crippen LogP contribution in [-0.2, 0) is 16.5 Å². The van der Waals surface area contributed by atoms with Crippen molar-refractivity contribution in [1.29, 1.82) is 0 Å². The molecule has 22 heavy (non-hydrogen) atoms. The first-order valence-corrected chi connectivity index (χ1v) is 6.95. The van der Waals surface area contributed by atoms with E-state index in [0.29, 0.717) is 12.1 Å². The predicted octanol–water partition coefficient (Wildman–Crippen LogP) is 3.16. The Labute approximate surface area is 126 Å². The van der Waals surface area contributed by atoms with Crippen LogP contribution in [0, 0.1) is 0 Å². The summed E-state index contributed by atoms with van der Waals surface area (Å²) in [5.41, 5.74) is 3.61. The third-order valence-electron chi connectivity index (χ3n) is 3.72. The molecule has 4 nitrogen and oxygen atoms in total. The number of alkyl halides is 3. The minimum absolute atomic E-state index is 0.298. The van der Waals surface area contributed by atoms with Crippen LogP contribution >= 0.6 is 0 Å². The summed E-state index contributed by atoms with van der Waals surface area (Å²) >= 11 is 0. The van der Waals surface area contributed by atoms with Crippen LogP contribution in [-0.4, -0.2) is 18.2 Å². The van der Waals surface area contributed by atoms with Gasteiger partial charge < -0.3 is 15.8 Å². The van der Waals surface area contributed by atoms with Gasteiger partial charge >= 0.3 is 12.3 Å². The molecule has 2 rings (SSSR count). The molecule has 1 saturated carbocycles. The van der Waals surface area contributed by atoms with Crippen LogP contribution in [0.2, 0.25) is 0 Å². The van der Waals surface area contributed by atoms with Gasteiger partial charge in [0.15, 0.2) is 0 Å². The van der Waals surface area contributed by atoms with Gasteiger partial charge in [-0.25, -0.2) is 4.79 Å². The molecular formula is C15H19F3N2O2. The zero-order valence-electron chi connectivity index (χ0n) is 12.5. The predicted molar refractivity (Wildman–Crippen MR) is 75.1 cm³/mol. The van der Waals surface area contributed by atoms with E-state index >= 15 is 0 Å². The Morgan fingerprint density at radius 3 is 2.50 bits per heavy atom. The molecule has 0 heterocycles. The summed E-state index contributed by atoms with van der Waals surface area (Å²) in [4.78, 5) is 10.8. The van der Waals surface area contributed by atoms with E-state index in [1.807, 2.05) is 0 Å². The lowest BCUT2D eigenvalue weighted by atomic mass is 10.0. The van der Waals surface area contributed by atoms with Gasteiger partial charge in [-0.15, -0.1) is 0 Å². The number of primary amides is 1. The first-order chi connectivity index (χ1) is 10.0. The average molecular weight is 316 g/mol. The van der Waals surface area contributed by atoms with E-state index in [4.69, 9.17) is 10.5 Å². The van der Waals surface area contributed by atoms with Gasteiger partial charge in [0.05, 0.1) is 5.56 Å². The maximum absolute atomic E-state index is 12.8. The van der Waals surface area contributed by atoms with E-state index in [0.717, 1.165) is 18.9 Å². The molecule has 0 bridgehead atoms. The molecule has 0 spiro atoms. The Balaban J connectivity index is 2.10. The number of halogens is 3. The summed E-state index contributed by atoms with van der Waals surface area (Å²) in [7, 11) is 0. The van der Waals surface area contributed by atoms with Gasteiger partial charge in [-0.05, 0) is 44.4 Å². The molecular weight excluding hydrogens is 297 g/mol. The zero-order chi connectivity index (χ0) is 16.6. The van der Waals surface area contributed by atoms with Gasteiger partial charge in [-0.1, -0.05) is 12.1 Å². The molecule has 0 aliphatic heterocycles. The van der Waals surface area contributed by atoms with Crippen molar-refractivity contribution in [1.82, 2.24) is 5.32 Å². The first kappa shape index (κ1) is 16.6. The number of ether oxygens (including phenoxy) is 1. The third-order valence-corrected chi connectivity index (χ3v) is 3.72. The summed E-state index contributed by atoms with van der Waals surface area (Å²) < 4.78 is 43.4. The molecule has 0 atom stereocenters. The van der Waals surface area contributed by atoms with Crippen molar-refractivity contribution in [3.05, 3.63) is 35.4 Å². The van der Waals surface area contributed by atoms with Crippen molar-refractivity contribution in [3.8, 4) is 0 Å². The molecule has 3 N–H and O–H groups in total. The Morgan fingerprint density at radius 1 is 1.36 bits per heavy atom. The van der Waals surface area contributed by atoms with Gasteiger partial charge in [0.2, 0.25) is 0 Å². The molecule has 0 aromatic heterocycles. The molecule has 1 aromatic carbocycles. The van der Waals surface area contributed by atoms with E-state index in [2.05, 4.69) is 5.32 Å². The maximum Gasteiger partial charge on any atom is 0.416 e. The second-order valence-electron chi connectivity index (χ2n) is 6.20. The van der Waals surface area contributed by atoms with E-state index < -0.39 is 29.0 Å². The Kier molecular flexibility index (Phi) is 4.12. The van der Waals surface area contributed by atoms with Gasteiger partial charge in [-0.3, -0.25) is 0 Å². The summed E-state index contributed by atoms with van der Waals surface area (Å²) in [5.74, 6) is 0. The van der Waals surface area contributed by atoms with Gasteiger partial charge in [0.1, 0.15) is 5.60 Å². The van der Waals surface area contributed by atoms with Crippen LogP contribution in [0.5, 0.6) is 0 Å². The number of hydrogen-bond donors (Lipinski definition) is 2. The molecule has 1 fully saturated rings. The fourth-order valence-electron chi connectivity index (χ4n) is 2.38. The van der Waals surface area contributed by atoms with E-state index in [1.165, 1.54) is 12.1 Å². The van der Waals surface area contributed by atoms with Crippen LogP contribution in [0.15, 0.2) is 24.3 Å². The monoisotopic (exact) mass is 316 g/mol.